The van der Waals surface area contributed by atoms with Crippen LogP contribution in [0.2, 0.25) is 5.02 Å². The summed E-state index contributed by atoms with van der Waals surface area (Å²) < 4.78 is 0. The highest BCUT2D eigenvalue weighted by atomic mass is 35.5. The van der Waals surface area contributed by atoms with Gasteiger partial charge in [-0.05, 0) is 25.1 Å². The molecule has 0 aliphatic heterocycles. The third kappa shape index (κ3) is 1.75. The van der Waals surface area contributed by atoms with E-state index in [0.29, 0.717) is 10.8 Å². The first kappa shape index (κ1) is 9.16. The first-order valence-corrected chi connectivity index (χ1v) is 4.70. The summed E-state index contributed by atoms with van der Waals surface area (Å²) in [6, 6.07) is 9.43. The molecule has 0 saturated heterocycles. The van der Waals surface area contributed by atoms with Gasteiger partial charge >= 0.3 is 0 Å². The topological polar surface area (TPSA) is 25.8 Å². The van der Waals surface area contributed by atoms with E-state index in [-0.39, 0.29) is 0 Å². The van der Waals surface area contributed by atoms with Crippen LogP contribution in [0.1, 0.15) is 5.69 Å². The van der Waals surface area contributed by atoms with Crippen molar-refractivity contribution in [1.82, 2.24) is 9.97 Å². The van der Waals surface area contributed by atoms with E-state index in [1.165, 1.54) is 0 Å². The van der Waals surface area contributed by atoms with Crippen LogP contribution in [-0.2, 0) is 0 Å². The summed E-state index contributed by atoms with van der Waals surface area (Å²) in [4.78, 5) is 8.48. The van der Waals surface area contributed by atoms with Gasteiger partial charge in [-0.1, -0.05) is 23.7 Å². The molecular formula is C11H9ClN2. The third-order valence-electron chi connectivity index (χ3n) is 1.91. The van der Waals surface area contributed by atoms with E-state index in [2.05, 4.69) is 9.97 Å². The van der Waals surface area contributed by atoms with E-state index in [9.17, 15) is 0 Å². The maximum atomic E-state index is 6.03. The lowest BCUT2D eigenvalue weighted by molar-refractivity contribution is 1.11. The molecule has 0 spiro atoms. The standard InChI is InChI=1S/C11H9ClN2/c1-8-6-7-13-11(14-8)9-4-2-3-5-10(9)12/h2-7H,1H3. The Balaban J connectivity index is 2.55. The molecule has 70 valence electrons. The average Bonchev–Trinajstić information content (AvgIpc) is 2.18. The fourth-order valence-corrected chi connectivity index (χ4v) is 1.44. The molecule has 0 aliphatic rings. The lowest BCUT2D eigenvalue weighted by Crippen LogP contribution is -1.90. The van der Waals surface area contributed by atoms with Gasteiger partial charge in [0.25, 0.3) is 0 Å². The van der Waals surface area contributed by atoms with Crippen LogP contribution in [-0.4, -0.2) is 9.97 Å². The molecule has 3 heteroatoms. The number of benzene rings is 1. The number of rotatable bonds is 1. The molecule has 14 heavy (non-hydrogen) atoms. The molecule has 1 aromatic heterocycles. The average molecular weight is 205 g/mol. The van der Waals surface area contributed by atoms with Gasteiger partial charge in [0.05, 0.1) is 5.02 Å². The molecule has 0 bridgehead atoms. The van der Waals surface area contributed by atoms with Crippen molar-refractivity contribution in [2.75, 3.05) is 0 Å². The summed E-state index contributed by atoms with van der Waals surface area (Å²) in [5.74, 6) is 0.676. The minimum Gasteiger partial charge on any atom is -0.237 e. The Kier molecular flexibility index (Phi) is 2.46. The zero-order valence-corrected chi connectivity index (χ0v) is 8.49. The lowest BCUT2D eigenvalue weighted by Gasteiger charge is -2.02. The smallest absolute Gasteiger partial charge is 0.160 e. The summed E-state index contributed by atoms with van der Waals surface area (Å²) in [6.45, 7) is 1.93. The molecule has 2 aromatic rings. The van der Waals surface area contributed by atoms with Crippen LogP contribution in [0.15, 0.2) is 36.5 Å². The van der Waals surface area contributed by atoms with E-state index in [0.717, 1.165) is 11.3 Å². The molecular weight excluding hydrogens is 196 g/mol. The van der Waals surface area contributed by atoms with E-state index < -0.39 is 0 Å². The second-order valence-electron chi connectivity index (χ2n) is 3.00. The summed E-state index contributed by atoms with van der Waals surface area (Å²) in [6.07, 6.45) is 1.74. The molecule has 2 nitrogen and oxygen atoms in total. The van der Waals surface area contributed by atoms with Crippen molar-refractivity contribution >= 4 is 11.6 Å². The summed E-state index contributed by atoms with van der Waals surface area (Å²) in [5.41, 5.74) is 1.81. The number of aryl methyl sites for hydroxylation is 1. The van der Waals surface area contributed by atoms with Crippen molar-refractivity contribution in [2.45, 2.75) is 6.92 Å². The van der Waals surface area contributed by atoms with Gasteiger partial charge in [-0.25, -0.2) is 9.97 Å². The second-order valence-corrected chi connectivity index (χ2v) is 3.41. The van der Waals surface area contributed by atoms with Crippen molar-refractivity contribution in [3.8, 4) is 11.4 Å². The maximum absolute atomic E-state index is 6.03. The first-order chi connectivity index (χ1) is 6.77. The van der Waals surface area contributed by atoms with Crippen LogP contribution in [0, 0.1) is 6.92 Å². The molecule has 1 aromatic carbocycles. The minimum absolute atomic E-state index is 0.676. The summed E-state index contributed by atoms with van der Waals surface area (Å²) in [5, 5.41) is 0.679. The van der Waals surface area contributed by atoms with E-state index in [4.69, 9.17) is 11.6 Å². The van der Waals surface area contributed by atoms with E-state index in [1.807, 2.05) is 37.3 Å². The number of halogens is 1. The molecule has 0 unspecified atom stereocenters. The SMILES string of the molecule is Cc1ccnc(-c2ccccc2Cl)n1. The Morgan fingerprint density at radius 2 is 1.93 bits per heavy atom. The predicted molar refractivity (Wildman–Crippen MR) is 57.2 cm³/mol. The van der Waals surface area contributed by atoms with Gasteiger partial charge in [0.1, 0.15) is 0 Å². The van der Waals surface area contributed by atoms with Crippen LogP contribution in [0.3, 0.4) is 0 Å². The van der Waals surface area contributed by atoms with Crippen molar-refractivity contribution in [3.05, 3.63) is 47.2 Å². The largest absolute Gasteiger partial charge is 0.237 e. The van der Waals surface area contributed by atoms with Gasteiger partial charge in [-0.3, -0.25) is 0 Å². The van der Waals surface area contributed by atoms with E-state index in [1.54, 1.807) is 6.20 Å². The van der Waals surface area contributed by atoms with Crippen LogP contribution in [0.25, 0.3) is 11.4 Å². The highest BCUT2D eigenvalue weighted by Crippen LogP contribution is 2.23. The van der Waals surface area contributed by atoms with Gasteiger partial charge in [0.2, 0.25) is 0 Å². The highest BCUT2D eigenvalue weighted by molar-refractivity contribution is 6.33. The van der Waals surface area contributed by atoms with Crippen molar-refractivity contribution < 1.29 is 0 Å². The van der Waals surface area contributed by atoms with Crippen LogP contribution in [0.5, 0.6) is 0 Å². The fourth-order valence-electron chi connectivity index (χ4n) is 1.22. The zero-order chi connectivity index (χ0) is 9.97. The normalized spacial score (nSPS) is 10.1. The Morgan fingerprint density at radius 1 is 1.14 bits per heavy atom. The minimum atomic E-state index is 0.676. The van der Waals surface area contributed by atoms with Crippen molar-refractivity contribution in [1.29, 1.82) is 0 Å². The molecule has 0 fully saturated rings. The number of nitrogens with zero attached hydrogens (tertiary/aromatic N) is 2. The summed E-state index contributed by atoms with van der Waals surface area (Å²) >= 11 is 6.03. The third-order valence-corrected chi connectivity index (χ3v) is 2.24. The van der Waals surface area contributed by atoms with Gasteiger partial charge in [0.15, 0.2) is 5.82 Å². The quantitative estimate of drug-likeness (QED) is 0.714. The Morgan fingerprint density at radius 3 is 2.64 bits per heavy atom. The molecule has 0 N–H and O–H groups in total. The number of hydrogen-bond donors (Lipinski definition) is 0. The van der Waals surface area contributed by atoms with Crippen LogP contribution < -0.4 is 0 Å². The zero-order valence-electron chi connectivity index (χ0n) is 7.74. The highest BCUT2D eigenvalue weighted by Gasteiger charge is 2.04. The monoisotopic (exact) mass is 204 g/mol. The van der Waals surface area contributed by atoms with Gasteiger partial charge in [0, 0.05) is 17.5 Å². The van der Waals surface area contributed by atoms with Crippen molar-refractivity contribution in [3.63, 3.8) is 0 Å². The second kappa shape index (κ2) is 3.76. The molecule has 0 amide bonds. The van der Waals surface area contributed by atoms with Crippen molar-refractivity contribution in [2.24, 2.45) is 0 Å². The fraction of sp³-hybridized carbons (Fsp3) is 0.0909. The Labute approximate surface area is 87.6 Å². The molecule has 0 saturated carbocycles. The summed E-state index contributed by atoms with van der Waals surface area (Å²) in [7, 11) is 0. The van der Waals surface area contributed by atoms with Gasteiger partial charge in [-0.2, -0.15) is 0 Å². The molecule has 1 heterocycles. The van der Waals surface area contributed by atoms with Gasteiger partial charge in [-0.15, -0.1) is 0 Å². The van der Waals surface area contributed by atoms with Crippen LogP contribution >= 0.6 is 11.6 Å². The molecule has 0 atom stereocenters. The molecule has 0 radical (unpaired) electrons. The molecule has 0 aliphatic carbocycles. The predicted octanol–water partition coefficient (Wildman–Crippen LogP) is 3.11. The molecule has 2 rings (SSSR count). The Bertz CT molecular complexity index is 455. The number of hydrogen-bond acceptors (Lipinski definition) is 2. The first-order valence-electron chi connectivity index (χ1n) is 4.32. The number of aromatic nitrogens is 2. The van der Waals surface area contributed by atoms with E-state index >= 15 is 0 Å². The maximum Gasteiger partial charge on any atom is 0.160 e. The van der Waals surface area contributed by atoms with Crippen LogP contribution in [0.4, 0.5) is 0 Å². The Hall–Kier alpha value is -1.41. The lowest BCUT2D eigenvalue weighted by atomic mass is 10.2. The van der Waals surface area contributed by atoms with Gasteiger partial charge < -0.3 is 0 Å².